The first-order valence-electron chi connectivity index (χ1n) is 4.87. The van der Waals surface area contributed by atoms with Crippen molar-refractivity contribution < 1.29 is 10.2 Å². The number of nitrogens with one attached hydrogen (secondary N) is 1. The van der Waals surface area contributed by atoms with Crippen molar-refractivity contribution in [1.82, 2.24) is 0 Å². The third kappa shape index (κ3) is 2.64. The van der Waals surface area contributed by atoms with E-state index in [0.29, 0.717) is 5.75 Å². The first-order valence-corrected chi connectivity index (χ1v) is 4.87. The molecule has 78 valence electrons. The molecule has 1 aromatic rings. The number of phenolic OH excluding ortho intramolecular Hbond substituents is 1. The molecule has 0 fully saturated rings. The van der Waals surface area contributed by atoms with Crippen molar-refractivity contribution in [3.05, 3.63) is 23.8 Å². The molecule has 1 aromatic carbocycles. The third-order valence-corrected chi connectivity index (χ3v) is 2.28. The minimum atomic E-state index is 0.373. The molecule has 0 radical (unpaired) electrons. The van der Waals surface area contributed by atoms with Crippen molar-refractivity contribution in [2.75, 3.05) is 19.0 Å². The number of aliphatic hydroxyl groups excluding tert-OH is 1. The lowest BCUT2D eigenvalue weighted by Crippen LogP contribution is -1.98. The minimum Gasteiger partial charge on any atom is -0.508 e. The van der Waals surface area contributed by atoms with E-state index in [9.17, 15) is 5.11 Å². The Hall–Kier alpha value is -1.22. The molecule has 0 saturated heterocycles. The summed E-state index contributed by atoms with van der Waals surface area (Å²) in [4.78, 5) is 0. The van der Waals surface area contributed by atoms with Gasteiger partial charge in [0.1, 0.15) is 5.75 Å². The summed E-state index contributed by atoms with van der Waals surface area (Å²) < 4.78 is 0. The van der Waals surface area contributed by atoms with Gasteiger partial charge >= 0.3 is 0 Å². The Balaban J connectivity index is 0.000000461. The van der Waals surface area contributed by atoms with Crippen LogP contribution in [0, 0.1) is 0 Å². The third-order valence-electron chi connectivity index (χ3n) is 2.28. The topological polar surface area (TPSA) is 52.5 Å². The van der Waals surface area contributed by atoms with E-state index in [1.165, 1.54) is 24.1 Å². The van der Waals surface area contributed by atoms with Gasteiger partial charge in [0.05, 0.1) is 0 Å². The van der Waals surface area contributed by atoms with Crippen LogP contribution in [0.1, 0.15) is 18.4 Å². The molecule has 14 heavy (non-hydrogen) atoms. The molecule has 0 aliphatic carbocycles. The number of benzene rings is 1. The lowest BCUT2D eigenvalue weighted by Gasteiger charge is -2.06. The van der Waals surface area contributed by atoms with Crippen LogP contribution < -0.4 is 5.32 Å². The van der Waals surface area contributed by atoms with Gasteiger partial charge in [0.2, 0.25) is 0 Å². The maximum Gasteiger partial charge on any atom is 0.116 e. The van der Waals surface area contributed by atoms with E-state index in [-0.39, 0.29) is 0 Å². The lowest BCUT2D eigenvalue weighted by molar-refractivity contribution is 0.399. The first-order chi connectivity index (χ1) is 6.86. The van der Waals surface area contributed by atoms with Gasteiger partial charge in [-0.3, -0.25) is 0 Å². The van der Waals surface area contributed by atoms with Crippen LogP contribution in [0.3, 0.4) is 0 Å². The van der Waals surface area contributed by atoms with E-state index in [1.54, 1.807) is 6.07 Å². The highest BCUT2D eigenvalue weighted by atomic mass is 16.3. The van der Waals surface area contributed by atoms with Crippen LogP contribution >= 0.6 is 0 Å². The smallest absolute Gasteiger partial charge is 0.116 e. The molecule has 1 aliphatic heterocycles. The number of anilines is 1. The van der Waals surface area contributed by atoms with Crippen molar-refractivity contribution in [2.45, 2.75) is 19.3 Å². The molecule has 0 saturated carbocycles. The number of fused-ring (bicyclic) bond motifs is 1. The molecule has 1 heterocycles. The Labute approximate surface area is 84.4 Å². The van der Waals surface area contributed by atoms with Crippen LogP contribution in [0.15, 0.2) is 18.2 Å². The molecule has 0 bridgehead atoms. The molecule has 0 aromatic heterocycles. The first kappa shape index (κ1) is 10.9. The van der Waals surface area contributed by atoms with Crippen LogP contribution in [0.25, 0.3) is 0 Å². The van der Waals surface area contributed by atoms with Gasteiger partial charge in [-0.2, -0.15) is 0 Å². The maximum atomic E-state index is 9.25. The molecule has 0 unspecified atom stereocenters. The lowest BCUT2D eigenvalue weighted by atomic mass is 10.1. The number of phenols is 1. The summed E-state index contributed by atoms with van der Waals surface area (Å²) in [5, 5.41) is 19.6. The Kier molecular flexibility index (Phi) is 4.26. The fourth-order valence-corrected chi connectivity index (χ4v) is 1.62. The van der Waals surface area contributed by atoms with Crippen molar-refractivity contribution in [1.29, 1.82) is 0 Å². The van der Waals surface area contributed by atoms with Crippen molar-refractivity contribution in [2.24, 2.45) is 0 Å². The molecular formula is C11H17NO2. The molecule has 1 aliphatic rings. The fourth-order valence-electron chi connectivity index (χ4n) is 1.62. The number of rotatable bonds is 0. The van der Waals surface area contributed by atoms with E-state index in [2.05, 4.69) is 5.32 Å². The molecule has 0 atom stereocenters. The van der Waals surface area contributed by atoms with Gasteiger partial charge in [0.25, 0.3) is 0 Å². The molecule has 0 amide bonds. The van der Waals surface area contributed by atoms with Gasteiger partial charge in [-0.05, 0) is 43.0 Å². The highest BCUT2D eigenvalue weighted by Gasteiger charge is 2.06. The van der Waals surface area contributed by atoms with Crippen LogP contribution in [0.4, 0.5) is 5.69 Å². The summed E-state index contributed by atoms with van der Waals surface area (Å²) in [7, 11) is 1.00. The number of aromatic hydroxyl groups is 1. The zero-order chi connectivity index (χ0) is 10.4. The zero-order valence-electron chi connectivity index (χ0n) is 8.45. The second-order valence-corrected chi connectivity index (χ2v) is 3.23. The summed E-state index contributed by atoms with van der Waals surface area (Å²) in [6.45, 7) is 1.05. The second kappa shape index (κ2) is 5.50. The monoisotopic (exact) mass is 195 g/mol. The zero-order valence-corrected chi connectivity index (χ0v) is 8.45. The van der Waals surface area contributed by atoms with E-state index >= 15 is 0 Å². The van der Waals surface area contributed by atoms with Gasteiger partial charge in [-0.25, -0.2) is 0 Å². The van der Waals surface area contributed by atoms with Crippen molar-refractivity contribution in [3.63, 3.8) is 0 Å². The average molecular weight is 195 g/mol. The van der Waals surface area contributed by atoms with Crippen LogP contribution in [0.5, 0.6) is 5.75 Å². The highest BCUT2D eigenvalue weighted by molar-refractivity contribution is 5.54. The largest absolute Gasteiger partial charge is 0.508 e. The molecule has 3 N–H and O–H groups in total. The Morgan fingerprint density at radius 3 is 2.79 bits per heavy atom. The molecule has 3 nitrogen and oxygen atoms in total. The van der Waals surface area contributed by atoms with Gasteiger partial charge < -0.3 is 15.5 Å². The number of hydrogen-bond acceptors (Lipinski definition) is 3. The molecule has 0 spiro atoms. The summed E-state index contributed by atoms with van der Waals surface area (Å²) in [5.41, 5.74) is 2.43. The van der Waals surface area contributed by atoms with Crippen LogP contribution in [-0.2, 0) is 6.42 Å². The Morgan fingerprint density at radius 2 is 2.00 bits per heavy atom. The van der Waals surface area contributed by atoms with Gasteiger partial charge in [0.15, 0.2) is 0 Å². The summed E-state index contributed by atoms with van der Waals surface area (Å²) >= 11 is 0. The molecule has 2 rings (SSSR count). The number of aryl methyl sites for hydroxylation is 1. The fraction of sp³-hybridized carbons (Fsp3) is 0.455. The summed E-state index contributed by atoms with van der Waals surface area (Å²) in [5.74, 6) is 0.373. The van der Waals surface area contributed by atoms with Gasteiger partial charge in [-0.15, -0.1) is 0 Å². The Bertz CT molecular complexity index is 287. The van der Waals surface area contributed by atoms with Crippen molar-refractivity contribution >= 4 is 5.69 Å². The quantitative estimate of drug-likeness (QED) is 0.553. The Morgan fingerprint density at radius 1 is 1.21 bits per heavy atom. The average Bonchev–Trinajstić information content (AvgIpc) is 2.45. The second-order valence-electron chi connectivity index (χ2n) is 3.23. The molecular weight excluding hydrogens is 178 g/mol. The van der Waals surface area contributed by atoms with E-state index in [1.807, 2.05) is 12.1 Å². The van der Waals surface area contributed by atoms with E-state index < -0.39 is 0 Å². The minimum absolute atomic E-state index is 0.373. The van der Waals surface area contributed by atoms with Crippen molar-refractivity contribution in [3.8, 4) is 5.75 Å². The van der Waals surface area contributed by atoms with E-state index in [0.717, 1.165) is 20.1 Å². The summed E-state index contributed by atoms with van der Waals surface area (Å²) in [6, 6.07) is 5.54. The standard InChI is InChI=1S/C10H13NO.CH4O/c12-9-4-5-10-8(7-9)3-1-2-6-11-10;1-2/h4-5,7,11-12H,1-3,6H2;2H,1H3. The SMILES string of the molecule is CO.Oc1ccc2c(c1)CCCCN2. The number of hydrogen-bond donors (Lipinski definition) is 3. The predicted octanol–water partition coefficient (Wildman–Crippen LogP) is 1.75. The molecule has 3 heteroatoms. The van der Waals surface area contributed by atoms with E-state index in [4.69, 9.17) is 5.11 Å². The predicted molar refractivity (Wildman–Crippen MR) is 57.7 cm³/mol. The van der Waals surface area contributed by atoms with Gasteiger partial charge in [0, 0.05) is 19.3 Å². The van der Waals surface area contributed by atoms with Gasteiger partial charge in [-0.1, -0.05) is 0 Å². The summed E-state index contributed by atoms with van der Waals surface area (Å²) in [6.07, 6.45) is 3.51. The van der Waals surface area contributed by atoms with Crippen LogP contribution in [-0.4, -0.2) is 23.9 Å². The highest BCUT2D eigenvalue weighted by Crippen LogP contribution is 2.24. The number of aliphatic hydroxyl groups is 1. The normalized spacial score (nSPS) is 14.1. The van der Waals surface area contributed by atoms with Crippen LogP contribution in [0.2, 0.25) is 0 Å². The maximum absolute atomic E-state index is 9.25.